The Kier molecular flexibility index (Phi) is 4.97. The molecule has 1 unspecified atom stereocenters. The molecule has 0 aliphatic rings. The topological polar surface area (TPSA) is 36.7 Å². The molecule has 0 N–H and O–H groups in total. The van der Waals surface area contributed by atoms with Gasteiger partial charge in [0.2, 0.25) is 5.95 Å². The minimum atomic E-state index is -1.35. The van der Waals surface area contributed by atoms with E-state index in [0.717, 1.165) is 6.42 Å². The molecule has 0 saturated heterocycles. The zero-order valence-electron chi connectivity index (χ0n) is 11.4. The molecule has 0 aromatic carbocycles. The number of nitriles is 1. The molecule has 0 bridgehead atoms. The first kappa shape index (κ1) is 15.5. The molecule has 6 heteroatoms. The summed E-state index contributed by atoms with van der Waals surface area (Å²) in [6.07, 6.45) is 1.35. The molecule has 2 aromatic rings. The van der Waals surface area contributed by atoms with Crippen LogP contribution < -0.4 is 0 Å². The van der Waals surface area contributed by atoms with Crippen LogP contribution in [0, 0.1) is 28.9 Å². The number of hydrogen-bond acceptors (Lipinski definition) is 3. The number of rotatable bonds is 5. The molecule has 1 atom stereocenters. The van der Waals surface area contributed by atoms with E-state index in [2.05, 4.69) is 4.98 Å². The van der Waals surface area contributed by atoms with Gasteiger partial charge in [-0.1, -0.05) is 19.4 Å². The monoisotopic (exact) mass is 310 g/mol. The Morgan fingerprint density at radius 1 is 1.33 bits per heavy atom. The van der Waals surface area contributed by atoms with Crippen molar-refractivity contribution in [3.63, 3.8) is 0 Å². The van der Waals surface area contributed by atoms with Gasteiger partial charge in [-0.2, -0.15) is 9.65 Å². The highest BCUT2D eigenvalue weighted by atomic mass is 32.1. The second-order valence-electron chi connectivity index (χ2n) is 4.58. The third kappa shape index (κ3) is 3.08. The summed E-state index contributed by atoms with van der Waals surface area (Å²) in [4.78, 5) is 3.89. The molecule has 0 spiro atoms. The third-order valence-corrected chi connectivity index (χ3v) is 4.10. The Labute approximate surface area is 124 Å². The van der Waals surface area contributed by atoms with Crippen LogP contribution in [0.4, 0.5) is 13.2 Å². The molecule has 0 aliphatic heterocycles. The van der Waals surface area contributed by atoms with E-state index in [9.17, 15) is 18.4 Å². The van der Waals surface area contributed by atoms with E-state index in [0.29, 0.717) is 11.3 Å². The van der Waals surface area contributed by atoms with Crippen molar-refractivity contribution in [3.8, 4) is 6.07 Å². The quantitative estimate of drug-likeness (QED) is 0.759. The predicted octanol–water partition coefficient (Wildman–Crippen LogP) is 4.56. The zero-order valence-corrected chi connectivity index (χ0v) is 12.2. The summed E-state index contributed by atoms with van der Waals surface area (Å²) in [5.41, 5.74) is -0.666. The molecule has 2 nitrogen and oxygen atoms in total. The van der Waals surface area contributed by atoms with Gasteiger partial charge in [0.25, 0.3) is 0 Å². The summed E-state index contributed by atoms with van der Waals surface area (Å²) in [6.45, 7) is 1.87. The van der Waals surface area contributed by atoms with Crippen LogP contribution in [-0.2, 0) is 6.42 Å². The van der Waals surface area contributed by atoms with Crippen LogP contribution >= 0.6 is 11.3 Å². The zero-order chi connectivity index (χ0) is 15.4. The summed E-state index contributed by atoms with van der Waals surface area (Å²) in [5, 5.41) is 11.0. The number of halogens is 3. The van der Waals surface area contributed by atoms with E-state index in [4.69, 9.17) is 0 Å². The molecule has 0 radical (unpaired) electrons. The minimum absolute atomic E-state index is 0.0865. The Balaban J connectivity index is 2.53. The van der Waals surface area contributed by atoms with Gasteiger partial charge in [-0.05, 0) is 24.3 Å². The van der Waals surface area contributed by atoms with Crippen molar-refractivity contribution in [2.45, 2.75) is 32.1 Å². The molecule has 0 amide bonds. The minimum Gasteiger partial charge on any atom is -0.217 e. The van der Waals surface area contributed by atoms with E-state index in [-0.39, 0.29) is 17.7 Å². The number of unbranched alkanes of at least 4 members (excludes halogenated alkanes) is 1. The van der Waals surface area contributed by atoms with Crippen LogP contribution in [-0.4, -0.2) is 4.98 Å². The molecule has 2 rings (SSSR count). The lowest BCUT2D eigenvalue weighted by Crippen LogP contribution is -2.11. The van der Waals surface area contributed by atoms with Crippen molar-refractivity contribution in [3.05, 3.63) is 51.2 Å². The van der Waals surface area contributed by atoms with Crippen molar-refractivity contribution in [2.75, 3.05) is 0 Å². The molecule has 0 saturated carbocycles. The Hall–Kier alpha value is -1.87. The predicted molar refractivity (Wildman–Crippen MR) is 74.5 cm³/mol. The lowest BCUT2D eigenvalue weighted by Gasteiger charge is -2.12. The molecular formula is C15H13F3N2S. The van der Waals surface area contributed by atoms with Gasteiger partial charge in [-0.25, -0.2) is 13.8 Å². The van der Waals surface area contributed by atoms with Crippen LogP contribution in [0.2, 0.25) is 0 Å². The molecule has 2 heterocycles. The van der Waals surface area contributed by atoms with Crippen molar-refractivity contribution in [2.24, 2.45) is 0 Å². The fraction of sp³-hybridized carbons (Fsp3) is 0.333. The lowest BCUT2D eigenvalue weighted by atomic mass is 9.99. The maximum absolute atomic E-state index is 14.5. The van der Waals surface area contributed by atoms with E-state index in [1.807, 2.05) is 13.0 Å². The highest BCUT2D eigenvalue weighted by Gasteiger charge is 2.27. The first-order chi connectivity index (χ1) is 10.1. The number of aromatic nitrogens is 1. The average molecular weight is 310 g/mol. The van der Waals surface area contributed by atoms with Gasteiger partial charge in [0, 0.05) is 10.4 Å². The van der Waals surface area contributed by atoms with Gasteiger partial charge in [0.05, 0.1) is 6.07 Å². The largest absolute Gasteiger partial charge is 0.249 e. The van der Waals surface area contributed by atoms with E-state index >= 15 is 0 Å². The smallest absolute Gasteiger partial charge is 0.217 e. The second-order valence-corrected chi connectivity index (χ2v) is 5.55. The first-order valence-corrected chi connectivity index (χ1v) is 7.44. The standard InChI is InChI=1S/C15H13F3N2S/c1-2-3-5-9-12(16)14(20-15(18)13(9)17)10(8-19)11-6-4-7-21-11/h4,6-7,10H,2-3,5H2,1H3. The van der Waals surface area contributed by atoms with E-state index < -0.39 is 23.5 Å². The van der Waals surface area contributed by atoms with Crippen LogP contribution in [0.3, 0.4) is 0 Å². The molecule has 0 aliphatic carbocycles. The third-order valence-electron chi connectivity index (χ3n) is 3.17. The van der Waals surface area contributed by atoms with Crippen LogP contribution in [0.5, 0.6) is 0 Å². The van der Waals surface area contributed by atoms with Crippen molar-refractivity contribution in [1.29, 1.82) is 5.26 Å². The van der Waals surface area contributed by atoms with Gasteiger partial charge in [0.15, 0.2) is 11.6 Å². The summed E-state index contributed by atoms with van der Waals surface area (Å²) in [7, 11) is 0. The maximum atomic E-state index is 14.5. The number of hydrogen-bond donors (Lipinski definition) is 0. The lowest BCUT2D eigenvalue weighted by molar-refractivity contribution is 0.440. The van der Waals surface area contributed by atoms with Crippen LogP contribution in [0.1, 0.15) is 41.8 Å². The normalized spacial score (nSPS) is 12.1. The summed E-state index contributed by atoms with van der Waals surface area (Å²) >= 11 is 1.25. The molecular weight excluding hydrogens is 297 g/mol. The highest BCUT2D eigenvalue weighted by Crippen LogP contribution is 2.31. The second kappa shape index (κ2) is 6.72. The number of nitrogens with zero attached hydrogens (tertiary/aromatic N) is 2. The van der Waals surface area contributed by atoms with Gasteiger partial charge >= 0.3 is 0 Å². The fourth-order valence-corrected chi connectivity index (χ4v) is 2.83. The number of thiophene rings is 1. The van der Waals surface area contributed by atoms with Crippen LogP contribution in [0.25, 0.3) is 0 Å². The summed E-state index contributed by atoms with van der Waals surface area (Å²) in [6, 6.07) is 5.26. The number of pyridine rings is 1. The van der Waals surface area contributed by atoms with Gasteiger partial charge < -0.3 is 0 Å². The van der Waals surface area contributed by atoms with Gasteiger partial charge in [-0.3, -0.25) is 0 Å². The summed E-state index contributed by atoms with van der Waals surface area (Å²) in [5.74, 6) is -4.55. The molecule has 0 fully saturated rings. The fourth-order valence-electron chi connectivity index (χ4n) is 2.06. The Morgan fingerprint density at radius 3 is 2.67 bits per heavy atom. The first-order valence-electron chi connectivity index (χ1n) is 6.56. The maximum Gasteiger partial charge on any atom is 0.249 e. The van der Waals surface area contributed by atoms with Gasteiger partial charge in [-0.15, -0.1) is 11.3 Å². The van der Waals surface area contributed by atoms with Crippen molar-refractivity contribution < 1.29 is 13.2 Å². The highest BCUT2D eigenvalue weighted by molar-refractivity contribution is 7.10. The average Bonchev–Trinajstić information content (AvgIpc) is 2.99. The molecule has 21 heavy (non-hydrogen) atoms. The molecule has 2 aromatic heterocycles. The Morgan fingerprint density at radius 2 is 2.10 bits per heavy atom. The Bertz CT molecular complexity index is 663. The molecule has 110 valence electrons. The van der Waals surface area contributed by atoms with E-state index in [1.165, 1.54) is 11.3 Å². The van der Waals surface area contributed by atoms with Crippen molar-refractivity contribution >= 4 is 11.3 Å². The SMILES string of the molecule is CCCCc1c(F)c(F)nc(C(C#N)c2cccs2)c1F. The van der Waals surface area contributed by atoms with Crippen LogP contribution in [0.15, 0.2) is 17.5 Å². The van der Waals surface area contributed by atoms with Crippen molar-refractivity contribution in [1.82, 2.24) is 4.98 Å². The van der Waals surface area contributed by atoms with Gasteiger partial charge in [0.1, 0.15) is 11.6 Å². The summed E-state index contributed by atoms with van der Waals surface area (Å²) < 4.78 is 41.8. The van der Waals surface area contributed by atoms with E-state index in [1.54, 1.807) is 17.5 Å².